The average Bonchev–Trinajstić information content (AvgIpc) is 2.32. The van der Waals surface area contributed by atoms with Crippen LogP contribution in [-0.4, -0.2) is 33.7 Å². The van der Waals surface area contributed by atoms with E-state index in [2.05, 4.69) is 5.32 Å². The fourth-order valence-corrected chi connectivity index (χ4v) is 1.59. The number of carboxylic acid groups (broad SMARTS) is 2. The Morgan fingerprint density at radius 2 is 2.15 bits per heavy atom. The second kappa shape index (κ2) is 3.33. The molecule has 5 heteroatoms. The summed E-state index contributed by atoms with van der Waals surface area (Å²) < 4.78 is 0. The van der Waals surface area contributed by atoms with Gasteiger partial charge in [0.2, 0.25) is 0 Å². The number of hydrogen-bond donors (Lipinski definition) is 3. The Labute approximate surface area is 75.7 Å². The number of carbonyl (C=O) groups is 2. The molecule has 1 aliphatic heterocycles. The maximum Gasteiger partial charge on any atom is 0.323 e. The smallest absolute Gasteiger partial charge is 0.323 e. The third-order valence-corrected chi connectivity index (χ3v) is 2.41. The summed E-state index contributed by atoms with van der Waals surface area (Å²) in [6.45, 7) is 1.58. The number of rotatable bonds is 3. The minimum absolute atomic E-state index is 0.0110. The third-order valence-electron chi connectivity index (χ3n) is 2.41. The second-order valence-corrected chi connectivity index (χ2v) is 3.62. The van der Waals surface area contributed by atoms with Crippen molar-refractivity contribution in [2.75, 3.05) is 0 Å². The molecular formula is C8H13NO4. The van der Waals surface area contributed by atoms with Crippen LogP contribution in [0.1, 0.15) is 26.2 Å². The molecule has 3 N–H and O–H groups in total. The van der Waals surface area contributed by atoms with Crippen LogP contribution in [0.15, 0.2) is 0 Å². The molecule has 1 rings (SSSR count). The van der Waals surface area contributed by atoms with E-state index in [4.69, 9.17) is 10.2 Å². The van der Waals surface area contributed by atoms with Crippen LogP contribution in [0.4, 0.5) is 0 Å². The number of nitrogens with one attached hydrogen (secondary N) is 1. The van der Waals surface area contributed by atoms with Gasteiger partial charge < -0.3 is 10.2 Å². The summed E-state index contributed by atoms with van der Waals surface area (Å²) in [4.78, 5) is 21.1. The highest BCUT2D eigenvalue weighted by atomic mass is 16.4. The highest BCUT2D eigenvalue weighted by Crippen LogP contribution is 2.24. The number of hydrogen-bond acceptors (Lipinski definition) is 3. The summed E-state index contributed by atoms with van der Waals surface area (Å²) >= 11 is 0. The average molecular weight is 187 g/mol. The summed E-state index contributed by atoms with van der Waals surface area (Å²) in [6.07, 6.45) is 1.08. The van der Waals surface area contributed by atoms with Crippen LogP contribution >= 0.6 is 0 Å². The molecule has 0 aromatic heterocycles. The lowest BCUT2D eigenvalue weighted by atomic mass is 10.0. The van der Waals surface area contributed by atoms with Gasteiger partial charge in [0.15, 0.2) is 0 Å². The van der Waals surface area contributed by atoms with Gasteiger partial charge in [0.1, 0.15) is 5.54 Å². The zero-order valence-electron chi connectivity index (χ0n) is 7.41. The highest BCUT2D eigenvalue weighted by Gasteiger charge is 2.41. The van der Waals surface area contributed by atoms with Crippen LogP contribution in [0.25, 0.3) is 0 Å². The van der Waals surface area contributed by atoms with Crippen LogP contribution in [-0.2, 0) is 9.59 Å². The normalized spacial score (nSPS) is 33.2. The summed E-state index contributed by atoms with van der Waals surface area (Å²) in [7, 11) is 0. The Balaban J connectivity index is 2.53. The lowest BCUT2D eigenvalue weighted by Crippen LogP contribution is -2.47. The zero-order valence-corrected chi connectivity index (χ0v) is 7.41. The van der Waals surface area contributed by atoms with Gasteiger partial charge in [-0.25, -0.2) is 0 Å². The Kier molecular flexibility index (Phi) is 2.56. The molecule has 1 fully saturated rings. The molecule has 0 bridgehead atoms. The van der Waals surface area contributed by atoms with Crippen molar-refractivity contribution in [3.05, 3.63) is 0 Å². The van der Waals surface area contributed by atoms with Crippen LogP contribution in [0.2, 0.25) is 0 Å². The molecule has 2 unspecified atom stereocenters. The van der Waals surface area contributed by atoms with Crippen molar-refractivity contribution >= 4 is 11.9 Å². The van der Waals surface area contributed by atoms with Crippen molar-refractivity contribution in [1.82, 2.24) is 5.32 Å². The molecular weight excluding hydrogens is 174 g/mol. The van der Waals surface area contributed by atoms with Gasteiger partial charge in [-0.05, 0) is 19.8 Å². The van der Waals surface area contributed by atoms with Crippen molar-refractivity contribution in [3.8, 4) is 0 Å². The van der Waals surface area contributed by atoms with Crippen LogP contribution < -0.4 is 5.32 Å². The number of carboxylic acids is 2. The van der Waals surface area contributed by atoms with Gasteiger partial charge in [-0.3, -0.25) is 14.9 Å². The first kappa shape index (κ1) is 9.98. The highest BCUT2D eigenvalue weighted by molar-refractivity contribution is 5.79. The Morgan fingerprint density at radius 3 is 2.54 bits per heavy atom. The molecule has 0 amide bonds. The maximum absolute atomic E-state index is 10.7. The largest absolute Gasteiger partial charge is 0.481 e. The summed E-state index contributed by atoms with van der Waals surface area (Å²) in [5.41, 5.74) is -0.944. The van der Waals surface area contributed by atoms with Gasteiger partial charge >= 0.3 is 11.9 Å². The fraction of sp³-hybridized carbons (Fsp3) is 0.750. The SMILES string of the molecule is CC1(C(=O)O)CCC(CC(=O)O)N1. The molecule has 1 heterocycles. The van der Waals surface area contributed by atoms with Gasteiger partial charge in [0, 0.05) is 6.04 Å². The van der Waals surface area contributed by atoms with E-state index < -0.39 is 17.5 Å². The molecule has 0 aromatic rings. The lowest BCUT2D eigenvalue weighted by molar-refractivity contribution is -0.144. The summed E-state index contributed by atoms with van der Waals surface area (Å²) in [6, 6.07) is -0.210. The zero-order chi connectivity index (χ0) is 10.1. The molecule has 0 aliphatic carbocycles. The van der Waals surface area contributed by atoms with E-state index in [-0.39, 0.29) is 12.5 Å². The van der Waals surface area contributed by atoms with E-state index in [1.807, 2.05) is 0 Å². The minimum atomic E-state index is -0.944. The predicted molar refractivity (Wildman–Crippen MR) is 44.5 cm³/mol. The Hall–Kier alpha value is -1.10. The minimum Gasteiger partial charge on any atom is -0.481 e. The van der Waals surface area contributed by atoms with Gasteiger partial charge in [0.05, 0.1) is 6.42 Å². The first-order valence-corrected chi connectivity index (χ1v) is 4.17. The van der Waals surface area contributed by atoms with Gasteiger partial charge in [-0.2, -0.15) is 0 Å². The van der Waals surface area contributed by atoms with Crippen LogP contribution in [0, 0.1) is 0 Å². The van der Waals surface area contributed by atoms with Gasteiger partial charge in [-0.1, -0.05) is 0 Å². The van der Waals surface area contributed by atoms with E-state index in [9.17, 15) is 9.59 Å². The first-order valence-electron chi connectivity index (χ1n) is 4.17. The monoisotopic (exact) mass is 187 g/mol. The Bertz CT molecular complexity index is 240. The van der Waals surface area contributed by atoms with E-state index in [1.54, 1.807) is 6.92 Å². The van der Waals surface area contributed by atoms with E-state index in [0.29, 0.717) is 12.8 Å². The first-order chi connectivity index (χ1) is 5.94. The lowest BCUT2D eigenvalue weighted by Gasteiger charge is -2.19. The van der Waals surface area contributed by atoms with Crippen molar-refractivity contribution in [1.29, 1.82) is 0 Å². The molecule has 0 spiro atoms. The van der Waals surface area contributed by atoms with E-state index >= 15 is 0 Å². The summed E-state index contributed by atoms with van der Waals surface area (Å²) in [5.74, 6) is -1.81. The molecule has 0 saturated carbocycles. The van der Waals surface area contributed by atoms with Gasteiger partial charge in [0.25, 0.3) is 0 Å². The molecule has 13 heavy (non-hydrogen) atoms. The van der Waals surface area contributed by atoms with E-state index in [1.165, 1.54) is 0 Å². The molecule has 74 valence electrons. The standard InChI is InChI=1S/C8H13NO4/c1-8(7(12)13)3-2-5(9-8)4-6(10)11/h5,9H,2-4H2,1H3,(H,10,11)(H,12,13). The topological polar surface area (TPSA) is 86.6 Å². The van der Waals surface area contributed by atoms with Crippen molar-refractivity contribution < 1.29 is 19.8 Å². The molecule has 2 atom stereocenters. The van der Waals surface area contributed by atoms with Crippen molar-refractivity contribution in [3.63, 3.8) is 0 Å². The molecule has 5 nitrogen and oxygen atoms in total. The van der Waals surface area contributed by atoms with Crippen molar-refractivity contribution in [2.45, 2.75) is 37.8 Å². The fourth-order valence-electron chi connectivity index (χ4n) is 1.59. The van der Waals surface area contributed by atoms with Crippen LogP contribution in [0.3, 0.4) is 0 Å². The van der Waals surface area contributed by atoms with Crippen molar-refractivity contribution in [2.24, 2.45) is 0 Å². The predicted octanol–water partition coefficient (Wildman–Crippen LogP) is 0.0564. The van der Waals surface area contributed by atoms with E-state index in [0.717, 1.165) is 0 Å². The number of aliphatic carboxylic acids is 2. The molecule has 0 radical (unpaired) electrons. The third kappa shape index (κ3) is 2.18. The van der Waals surface area contributed by atoms with Gasteiger partial charge in [-0.15, -0.1) is 0 Å². The molecule has 1 saturated heterocycles. The molecule has 1 aliphatic rings. The van der Waals surface area contributed by atoms with Crippen LogP contribution in [0.5, 0.6) is 0 Å². The quantitative estimate of drug-likeness (QED) is 0.581. The summed E-state index contributed by atoms with van der Waals surface area (Å²) in [5, 5.41) is 20.1. The second-order valence-electron chi connectivity index (χ2n) is 3.62. The molecule has 0 aromatic carbocycles. The Morgan fingerprint density at radius 1 is 1.54 bits per heavy atom. The maximum atomic E-state index is 10.7.